The van der Waals surface area contributed by atoms with E-state index in [4.69, 9.17) is 0 Å². The van der Waals surface area contributed by atoms with Crippen molar-refractivity contribution in [3.05, 3.63) is 63.6 Å². The summed E-state index contributed by atoms with van der Waals surface area (Å²) in [7, 11) is 0. The number of halogens is 1. The predicted octanol–water partition coefficient (Wildman–Crippen LogP) is 1.42. The highest BCUT2D eigenvalue weighted by Crippen LogP contribution is 2.42. The molecule has 4 rings (SSSR count). The summed E-state index contributed by atoms with van der Waals surface area (Å²) in [6, 6.07) is 8.09. The van der Waals surface area contributed by atoms with Gasteiger partial charge < -0.3 is 10.2 Å². The summed E-state index contributed by atoms with van der Waals surface area (Å²) in [6.45, 7) is 5.79. The molecule has 6 nitrogen and oxygen atoms in total. The molecule has 0 radical (unpaired) electrons. The molecule has 2 fully saturated rings. The van der Waals surface area contributed by atoms with Gasteiger partial charge in [-0.05, 0) is 43.5 Å². The fourth-order valence-corrected chi connectivity index (χ4v) is 4.49. The van der Waals surface area contributed by atoms with Crippen LogP contribution in [0.2, 0.25) is 0 Å². The van der Waals surface area contributed by atoms with E-state index in [1.54, 1.807) is 26.0 Å². The van der Waals surface area contributed by atoms with Gasteiger partial charge >= 0.3 is 5.69 Å². The van der Waals surface area contributed by atoms with Crippen LogP contribution in [-0.2, 0) is 11.3 Å². The van der Waals surface area contributed by atoms with Gasteiger partial charge in [0.2, 0.25) is 5.91 Å². The maximum atomic E-state index is 13.8. The maximum Gasteiger partial charge on any atom is 0.348 e. The Bertz CT molecular complexity index is 942. The van der Waals surface area contributed by atoms with Gasteiger partial charge in [-0.25, -0.2) is 9.18 Å². The van der Waals surface area contributed by atoms with Gasteiger partial charge in [-0.3, -0.25) is 9.36 Å². The molecule has 2 aliphatic heterocycles. The second-order valence-corrected chi connectivity index (χ2v) is 7.54. The normalized spacial score (nSPS) is 24.3. The molecule has 1 aromatic carbocycles. The molecule has 27 heavy (non-hydrogen) atoms. The van der Waals surface area contributed by atoms with E-state index in [-0.39, 0.29) is 30.2 Å². The predicted molar refractivity (Wildman–Crippen MR) is 98.7 cm³/mol. The molecule has 2 saturated heterocycles. The first kappa shape index (κ1) is 17.9. The monoisotopic (exact) mass is 370 g/mol. The van der Waals surface area contributed by atoms with E-state index in [0.29, 0.717) is 23.9 Å². The molecule has 2 aliphatic rings. The topological polar surface area (TPSA) is 67.2 Å². The van der Waals surface area contributed by atoms with Crippen LogP contribution < -0.4 is 11.0 Å². The standard InChI is InChI=1S/C20H23FN4O2/c1-12-6-13(2)24(20(27)23-12)11-18(26)25-10-15-8-22-9-17(15)19(25)14-4-3-5-16(21)7-14/h3-7,15,17,19,22H,8-11H2,1-2H3/t15-,17-,19-/m0/s1. The number of nitrogens with one attached hydrogen (secondary N) is 1. The Kier molecular flexibility index (Phi) is 4.55. The molecule has 0 saturated carbocycles. The van der Waals surface area contributed by atoms with Crippen LogP contribution in [0.3, 0.4) is 0 Å². The summed E-state index contributed by atoms with van der Waals surface area (Å²) in [5.74, 6) is 0.166. The van der Waals surface area contributed by atoms with Gasteiger partial charge in [0.05, 0.1) is 6.04 Å². The van der Waals surface area contributed by atoms with Crippen LogP contribution in [0.15, 0.2) is 35.1 Å². The van der Waals surface area contributed by atoms with Crippen molar-refractivity contribution in [1.29, 1.82) is 0 Å². The second kappa shape index (κ2) is 6.88. The van der Waals surface area contributed by atoms with Crippen molar-refractivity contribution in [3.63, 3.8) is 0 Å². The first-order chi connectivity index (χ1) is 12.9. The number of nitrogens with zero attached hydrogens (tertiary/aromatic N) is 3. The van der Waals surface area contributed by atoms with Crippen LogP contribution in [0, 0.1) is 31.5 Å². The zero-order chi connectivity index (χ0) is 19.1. The molecule has 142 valence electrons. The Morgan fingerprint density at radius 1 is 1.30 bits per heavy atom. The number of benzene rings is 1. The molecule has 1 amide bonds. The highest BCUT2D eigenvalue weighted by Gasteiger charge is 2.46. The summed E-state index contributed by atoms with van der Waals surface area (Å²) in [5, 5.41) is 3.38. The van der Waals surface area contributed by atoms with Crippen LogP contribution in [0.1, 0.15) is 23.0 Å². The molecule has 0 unspecified atom stereocenters. The molecule has 3 atom stereocenters. The third-order valence-electron chi connectivity index (χ3n) is 5.71. The Morgan fingerprint density at radius 2 is 2.11 bits per heavy atom. The zero-order valence-corrected chi connectivity index (χ0v) is 15.5. The summed E-state index contributed by atoms with van der Waals surface area (Å²) in [5.41, 5.74) is 1.75. The smallest absolute Gasteiger partial charge is 0.333 e. The van der Waals surface area contributed by atoms with Crippen molar-refractivity contribution >= 4 is 5.91 Å². The number of aromatic nitrogens is 2. The van der Waals surface area contributed by atoms with Gasteiger partial charge in [0, 0.05) is 36.9 Å². The maximum absolute atomic E-state index is 13.8. The number of fused-ring (bicyclic) bond motifs is 1. The van der Waals surface area contributed by atoms with Crippen LogP contribution >= 0.6 is 0 Å². The molecule has 7 heteroatoms. The van der Waals surface area contributed by atoms with Crippen LogP contribution in [-0.4, -0.2) is 40.0 Å². The van der Waals surface area contributed by atoms with Crippen molar-refractivity contribution in [3.8, 4) is 0 Å². The van der Waals surface area contributed by atoms with Crippen LogP contribution in [0.5, 0.6) is 0 Å². The van der Waals surface area contributed by atoms with Crippen LogP contribution in [0.25, 0.3) is 0 Å². The lowest BCUT2D eigenvalue weighted by molar-refractivity contribution is -0.133. The van der Waals surface area contributed by atoms with Crippen molar-refractivity contribution in [2.24, 2.45) is 11.8 Å². The highest BCUT2D eigenvalue weighted by molar-refractivity contribution is 5.77. The minimum Gasteiger partial charge on any atom is -0.333 e. The third kappa shape index (κ3) is 3.27. The molecule has 1 aromatic heterocycles. The van der Waals surface area contributed by atoms with E-state index in [0.717, 1.165) is 18.7 Å². The second-order valence-electron chi connectivity index (χ2n) is 7.54. The lowest BCUT2D eigenvalue weighted by atomic mass is 9.89. The average molecular weight is 370 g/mol. The van der Waals surface area contributed by atoms with Crippen molar-refractivity contribution < 1.29 is 9.18 Å². The molecule has 0 spiro atoms. The first-order valence-corrected chi connectivity index (χ1v) is 9.25. The van der Waals surface area contributed by atoms with Crippen molar-refractivity contribution in [2.45, 2.75) is 26.4 Å². The summed E-state index contributed by atoms with van der Waals surface area (Å²) >= 11 is 0. The molecule has 3 heterocycles. The van der Waals surface area contributed by atoms with Gasteiger partial charge in [0.15, 0.2) is 0 Å². The number of hydrogen-bond acceptors (Lipinski definition) is 4. The summed E-state index contributed by atoms with van der Waals surface area (Å²) in [6.07, 6.45) is 0. The summed E-state index contributed by atoms with van der Waals surface area (Å²) in [4.78, 5) is 31.1. The van der Waals surface area contributed by atoms with E-state index in [1.807, 2.05) is 11.0 Å². The van der Waals surface area contributed by atoms with Gasteiger partial charge in [0.25, 0.3) is 0 Å². The van der Waals surface area contributed by atoms with Gasteiger partial charge in [-0.15, -0.1) is 0 Å². The molecular formula is C20H23FN4O2. The Morgan fingerprint density at radius 3 is 2.85 bits per heavy atom. The van der Waals surface area contributed by atoms with Crippen molar-refractivity contribution in [2.75, 3.05) is 19.6 Å². The van der Waals surface area contributed by atoms with E-state index in [9.17, 15) is 14.0 Å². The highest BCUT2D eigenvalue weighted by atomic mass is 19.1. The van der Waals surface area contributed by atoms with E-state index in [2.05, 4.69) is 10.3 Å². The first-order valence-electron chi connectivity index (χ1n) is 9.25. The number of likely N-dealkylation sites (tertiary alicyclic amines) is 1. The fraction of sp³-hybridized carbons (Fsp3) is 0.450. The quantitative estimate of drug-likeness (QED) is 0.887. The average Bonchev–Trinajstić information content (AvgIpc) is 3.18. The molecule has 1 N–H and O–H groups in total. The fourth-order valence-electron chi connectivity index (χ4n) is 4.49. The number of carbonyl (C=O) groups is 1. The lowest BCUT2D eigenvalue weighted by Crippen LogP contribution is -2.39. The van der Waals surface area contributed by atoms with Gasteiger partial charge in [-0.1, -0.05) is 12.1 Å². The minimum atomic E-state index is -0.413. The Balaban J connectivity index is 1.65. The third-order valence-corrected chi connectivity index (χ3v) is 5.71. The zero-order valence-electron chi connectivity index (χ0n) is 15.5. The Labute approximate surface area is 157 Å². The summed E-state index contributed by atoms with van der Waals surface area (Å²) < 4.78 is 15.2. The van der Waals surface area contributed by atoms with Crippen molar-refractivity contribution in [1.82, 2.24) is 19.8 Å². The van der Waals surface area contributed by atoms with E-state index < -0.39 is 5.69 Å². The molecule has 0 aliphatic carbocycles. The van der Waals surface area contributed by atoms with Gasteiger partial charge in [-0.2, -0.15) is 4.98 Å². The number of hydrogen-bond donors (Lipinski definition) is 1. The van der Waals surface area contributed by atoms with Gasteiger partial charge in [0.1, 0.15) is 12.4 Å². The number of amides is 1. The number of carbonyl (C=O) groups excluding carboxylic acids is 1. The number of aryl methyl sites for hydroxylation is 2. The molecule has 0 bridgehead atoms. The Hall–Kier alpha value is -2.54. The SMILES string of the molecule is Cc1cc(C)n(CC(=O)N2C[C@@H]3CNC[C@@H]3[C@@H]2c2cccc(F)c2)c(=O)n1. The largest absolute Gasteiger partial charge is 0.348 e. The molecule has 2 aromatic rings. The molecular weight excluding hydrogens is 347 g/mol. The lowest BCUT2D eigenvalue weighted by Gasteiger charge is -2.29. The minimum absolute atomic E-state index is 0.0450. The van der Waals surface area contributed by atoms with E-state index >= 15 is 0 Å². The number of rotatable bonds is 3. The van der Waals surface area contributed by atoms with E-state index in [1.165, 1.54) is 16.7 Å². The van der Waals surface area contributed by atoms with Crippen LogP contribution in [0.4, 0.5) is 4.39 Å².